The van der Waals surface area contributed by atoms with Gasteiger partial charge in [0.2, 0.25) is 5.91 Å². The Balaban J connectivity index is 0.00000120. The van der Waals surface area contributed by atoms with Gasteiger partial charge in [-0.05, 0) is 38.5 Å². The molecule has 0 radical (unpaired) electrons. The molecule has 3 aliphatic rings. The number of halogens is 1. The monoisotopic (exact) mass is 272 g/mol. The maximum absolute atomic E-state index is 12.6. The molecule has 3 fully saturated rings. The molecule has 1 heterocycles. The minimum atomic E-state index is 0. The van der Waals surface area contributed by atoms with Crippen molar-refractivity contribution in [1.29, 1.82) is 0 Å². The number of hydrogen-bond acceptors (Lipinski definition) is 2. The summed E-state index contributed by atoms with van der Waals surface area (Å²) in [6, 6.07) is 0.831. The number of fused-ring (bicyclic) bond motifs is 1. The second-order valence-corrected chi connectivity index (χ2v) is 6.29. The first-order valence-corrected chi connectivity index (χ1v) is 7.22. The lowest BCUT2D eigenvalue weighted by molar-refractivity contribution is -0.136. The molecule has 3 rings (SSSR count). The van der Waals surface area contributed by atoms with Crippen LogP contribution in [0.15, 0.2) is 0 Å². The number of nitrogens with one attached hydrogen (secondary N) is 1. The third-order valence-corrected chi connectivity index (χ3v) is 4.99. The lowest BCUT2D eigenvalue weighted by Crippen LogP contribution is -2.56. The Bertz CT molecular complexity index is 311. The van der Waals surface area contributed by atoms with E-state index in [4.69, 9.17) is 0 Å². The van der Waals surface area contributed by atoms with Crippen LogP contribution in [0.1, 0.15) is 39.5 Å². The summed E-state index contributed by atoms with van der Waals surface area (Å²) >= 11 is 0. The molecular formula is C14H25ClN2O. The van der Waals surface area contributed by atoms with E-state index in [1.807, 2.05) is 0 Å². The van der Waals surface area contributed by atoms with Crippen molar-refractivity contribution in [2.24, 2.45) is 17.8 Å². The molecule has 1 aliphatic heterocycles. The van der Waals surface area contributed by atoms with Crippen molar-refractivity contribution in [2.75, 3.05) is 13.1 Å². The molecule has 0 aromatic carbocycles. The zero-order valence-electron chi connectivity index (χ0n) is 11.4. The van der Waals surface area contributed by atoms with Gasteiger partial charge in [0.15, 0.2) is 0 Å². The van der Waals surface area contributed by atoms with Crippen molar-refractivity contribution < 1.29 is 4.79 Å². The van der Waals surface area contributed by atoms with Gasteiger partial charge in [0, 0.05) is 31.1 Å². The van der Waals surface area contributed by atoms with E-state index in [1.165, 1.54) is 25.7 Å². The van der Waals surface area contributed by atoms with Gasteiger partial charge in [-0.2, -0.15) is 0 Å². The van der Waals surface area contributed by atoms with Crippen LogP contribution in [0.25, 0.3) is 0 Å². The van der Waals surface area contributed by atoms with Crippen LogP contribution in [0.4, 0.5) is 0 Å². The average Bonchev–Trinajstić information content (AvgIpc) is 3.05. The van der Waals surface area contributed by atoms with Crippen LogP contribution in [0, 0.1) is 17.8 Å². The van der Waals surface area contributed by atoms with Gasteiger partial charge in [-0.15, -0.1) is 12.4 Å². The largest absolute Gasteiger partial charge is 0.337 e. The standard InChI is InChI=1S/C14H24N2O.ClH/c1-9-8-16(10(2)7-15-9)14(17)13-11-5-3-4-6-12(11)13;/h9-13,15H,3-8H2,1-2H3;1H. The van der Waals surface area contributed by atoms with Crippen LogP contribution in [0.2, 0.25) is 0 Å². The first-order chi connectivity index (χ1) is 8.18. The molecule has 0 aromatic rings. The van der Waals surface area contributed by atoms with E-state index in [-0.39, 0.29) is 12.4 Å². The second-order valence-electron chi connectivity index (χ2n) is 6.29. The van der Waals surface area contributed by atoms with E-state index in [2.05, 4.69) is 24.1 Å². The maximum Gasteiger partial charge on any atom is 0.226 e. The fourth-order valence-corrected chi connectivity index (χ4v) is 3.88. The summed E-state index contributed by atoms with van der Waals surface area (Å²) in [5.74, 6) is 2.34. The van der Waals surface area contributed by atoms with Crippen LogP contribution in [-0.4, -0.2) is 36.0 Å². The van der Waals surface area contributed by atoms with Crippen molar-refractivity contribution in [3.8, 4) is 0 Å². The highest BCUT2D eigenvalue weighted by Gasteiger charge is 2.56. The number of rotatable bonds is 1. The van der Waals surface area contributed by atoms with Crippen molar-refractivity contribution in [3.05, 3.63) is 0 Å². The summed E-state index contributed by atoms with van der Waals surface area (Å²) in [5.41, 5.74) is 0. The van der Waals surface area contributed by atoms with Crippen LogP contribution >= 0.6 is 12.4 Å². The van der Waals surface area contributed by atoms with Crippen molar-refractivity contribution in [3.63, 3.8) is 0 Å². The van der Waals surface area contributed by atoms with Crippen LogP contribution in [0.3, 0.4) is 0 Å². The molecule has 4 unspecified atom stereocenters. The fraction of sp³-hybridized carbons (Fsp3) is 0.929. The van der Waals surface area contributed by atoms with Crippen LogP contribution in [0.5, 0.6) is 0 Å². The quantitative estimate of drug-likeness (QED) is 0.792. The van der Waals surface area contributed by atoms with Crippen LogP contribution in [-0.2, 0) is 4.79 Å². The van der Waals surface area contributed by atoms with Gasteiger partial charge in [0.1, 0.15) is 0 Å². The Labute approximate surface area is 116 Å². The smallest absolute Gasteiger partial charge is 0.226 e. The van der Waals surface area contributed by atoms with E-state index in [0.717, 1.165) is 24.9 Å². The molecule has 0 aromatic heterocycles. The van der Waals surface area contributed by atoms with Crippen molar-refractivity contribution in [1.82, 2.24) is 10.2 Å². The predicted octanol–water partition coefficient (Wildman–Crippen LogP) is 2.05. The zero-order chi connectivity index (χ0) is 12.0. The Morgan fingerprint density at radius 2 is 1.78 bits per heavy atom. The van der Waals surface area contributed by atoms with Gasteiger partial charge in [-0.3, -0.25) is 4.79 Å². The maximum atomic E-state index is 12.6. The van der Waals surface area contributed by atoms with Gasteiger partial charge in [0.25, 0.3) is 0 Å². The van der Waals surface area contributed by atoms with E-state index in [0.29, 0.717) is 23.9 Å². The summed E-state index contributed by atoms with van der Waals surface area (Å²) in [6.45, 7) is 6.19. The van der Waals surface area contributed by atoms with Gasteiger partial charge in [0.05, 0.1) is 0 Å². The zero-order valence-corrected chi connectivity index (χ0v) is 12.2. The Morgan fingerprint density at radius 3 is 2.39 bits per heavy atom. The molecular weight excluding hydrogens is 248 g/mol. The summed E-state index contributed by atoms with van der Waals surface area (Å²) in [7, 11) is 0. The number of amides is 1. The Morgan fingerprint density at radius 1 is 1.17 bits per heavy atom. The molecule has 2 aliphatic carbocycles. The number of hydrogen-bond donors (Lipinski definition) is 1. The topological polar surface area (TPSA) is 32.3 Å². The first kappa shape index (κ1) is 14.1. The minimum absolute atomic E-state index is 0. The SMILES string of the molecule is CC1CN(C(=O)C2C3CCCCC32)C(C)CN1.Cl. The summed E-state index contributed by atoms with van der Waals surface area (Å²) in [4.78, 5) is 14.7. The van der Waals surface area contributed by atoms with E-state index < -0.39 is 0 Å². The number of carbonyl (C=O) groups excluding carboxylic acids is 1. The van der Waals surface area contributed by atoms with E-state index in [1.54, 1.807) is 0 Å². The molecule has 3 nitrogen and oxygen atoms in total. The molecule has 1 N–H and O–H groups in total. The molecule has 18 heavy (non-hydrogen) atoms. The predicted molar refractivity (Wildman–Crippen MR) is 74.8 cm³/mol. The normalized spacial score (nSPS) is 42.8. The number of carbonyl (C=O) groups is 1. The summed E-state index contributed by atoms with van der Waals surface area (Å²) in [5, 5.41) is 3.44. The lowest BCUT2D eigenvalue weighted by Gasteiger charge is -2.38. The first-order valence-electron chi connectivity index (χ1n) is 7.22. The van der Waals surface area contributed by atoms with Gasteiger partial charge in [-0.1, -0.05) is 12.8 Å². The Hall–Kier alpha value is -0.280. The average molecular weight is 273 g/mol. The Kier molecular flexibility index (Phi) is 4.22. The van der Waals surface area contributed by atoms with Crippen LogP contribution < -0.4 is 5.32 Å². The van der Waals surface area contributed by atoms with E-state index >= 15 is 0 Å². The minimum Gasteiger partial charge on any atom is -0.337 e. The highest BCUT2D eigenvalue weighted by molar-refractivity contribution is 5.85. The second kappa shape index (κ2) is 5.38. The molecule has 0 bridgehead atoms. The molecule has 2 saturated carbocycles. The van der Waals surface area contributed by atoms with Gasteiger partial charge >= 0.3 is 0 Å². The summed E-state index contributed by atoms with van der Waals surface area (Å²) < 4.78 is 0. The summed E-state index contributed by atoms with van der Waals surface area (Å²) in [6.07, 6.45) is 5.30. The van der Waals surface area contributed by atoms with Gasteiger partial charge < -0.3 is 10.2 Å². The third-order valence-electron chi connectivity index (χ3n) is 4.99. The highest BCUT2D eigenvalue weighted by Crippen LogP contribution is 2.56. The lowest BCUT2D eigenvalue weighted by atomic mass is 10.0. The van der Waals surface area contributed by atoms with Crippen molar-refractivity contribution >= 4 is 18.3 Å². The van der Waals surface area contributed by atoms with Crippen molar-refractivity contribution in [2.45, 2.75) is 51.6 Å². The molecule has 4 atom stereocenters. The molecule has 1 amide bonds. The molecule has 0 spiro atoms. The number of nitrogens with zero attached hydrogens (tertiary/aromatic N) is 1. The molecule has 1 saturated heterocycles. The third kappa shape index (κ3) is 2.39. The molecule has 104 valence electrons. The fourth-order valence-electron chi connectivity index (χ4n) is 3.88. The van der Waals surface area contributed by atoms with E-state index in [9.17, 15) is 4.79 Å². The van der Waals surface area contributed by atoms with Gasteiger partial charge in [-0.25, -0.2) is 0 Å². The molecule has 4 heteroatoms. The highest BCUT2D eigenvalue weighted by atomic mass is 35.5. The number of piperazine rings is 1.